The zero-order valence-electron chi connectivity index (χ0n) is 19.0. The molecule has 0 heterocycles. The van der Waals surface area contributed by atoms with Crippen LogP contribution in [-0.4, -0.2) is 64.3 Å². The molecule has 0 spiro atoms. The number of hydrogen-bond acceptors (Lipinski definition) is 6. The lowest BCUT2D eigenvalue weighted by atomic mass is 10.1. The Morgan fingerprint density at radius 3 is 2.33 bits per heavy atom. The Morgan fingerprint density at radius 2 is 1.70 bits per heavy atom. The van der Waals surface area contributed by atoms with Crippen LogP contribution in [0.2, 0.25) is 19.6 Å². The number of terminal acetylenes is 1. The van der Waals surface area contributed by atoms with Crippen LogP contribution in [0.3, 0.4) is 0 Å². The van der Waals surface area contributed by atoms with Gasteiger partial charge in [-0.15, -0.1) is 12.0 Å². The molecule has 1 aromatic carbocycles. The molecule has 1 aromatic rings. The molecule has 3 amide bonds. The minimum Gasteiger partial charge on any atom is -0.451 e. The van der Waals surface area contributed by atoms with Crippen LogP contribution in [0.5, 0.6) is 0 Å². The minimum absolute atomic E-state index is 0.0893. The van der Waals surface area contributed by atoms with Crippen molar-refractivity contribution in [2.75, 3.05) is 26.3 Å². The summed E-state index contributed by atoms with van der Waals surface area (Å²) in [6, 6.07) is 8.07. The summed E-state index contributed by atoms with van der Waals surface area (Å²) in [5.41, 5.74) is 3.88. The Labute approximate surface area is 195 Å². The molecule has 3 N–H and O–H groups in total. The van der Waals surface area contributed by atoms with E-state index < -0.39 is 44.5 Å². The molecule has 0 bridgehead atoms. The van der Waals surface area contributed by atoms with Crippen LogP contribution in [0.1, 0.15) is 5.56 Å². The highest BCUT2D eigenvalue weighted by molar-refractivity contribution is 6.83. The Morgan fingerprint density at radius 1 is 1.00 bits per heavy atom. The van der Waals surface area contributed by atoms with E-state index >= 15 is 0 Å². The molecule has 176 valence electrons. The number of carbonyl (C=O) groups excluding carboxylic acids is 4. The van der Waals surface area contributed by atoms with Crippen molar-refractivity contribution in [2.24, 2.45) is 0 Å². The maximum Gasteiger partial charge on any atom is 0.408 e. The third kappa shape index (κ3) is 13.3. The Hall–Kier alpha value is -3.76. The number of benzene rings is 1. The first kappa shape index (κ1) is 27.3. The van der Waals surface area contributed by atoms with E-state index in [0.717, 1.165) is 5.56 Å². The van der Waals surface area contributed by atoms with Gasteiger partial charge in [-0.1, -0.05) is 61.8 Å². The van der Waals surface area contributed by atoms with Crippen molar-refractivity contribution < 1.29 is 28.7 Å². The SMILES string of the molecule is C#CCOC(=O)CNC(=O)CNC(=O)[C@H](Cc1ccccc1)NC(=O)OCC#C[Si](C)(C)C. The van der Waals surface area contributed by atoms with Gasteiger partial charge < -0.3 is 25.4 Å². The van der Waals surface area contributed by atoms with Crippen LogP contribution >= 0.6 is 0 Å². The van der Waals surface area contributed by atoms with Crippen molar-refractivity contribution in [3.63, 3.8) is 0 Å². The number of amides is 3. The number of alkyl carbamates (subject to hydrolysis) is 1. The maximum atomic E-state index is 12.6. The van der Waals surface area contributed by atoms with Crippen LogP contribution in [0.25, 0.3) is 0 Å². The van der Waals surface area contributed by atoms with Crippen LogP contribution in [0.4, 0.5) is 4.79 Å². The normalized spacial score (nSPS) is 11.0. The van der Waals surface area contributed by atoms with Gasteiger partial charge >= 0.3 is 12.1 Å². The summed E-state index contributed by atoms with van der Waals surface area (Å²) < 4.78 is 9.68. The zero-order valence-corrected chi connectivity index (χ0v) is 20.0. The van der Waals surface area contributed by atoms with Gasteiger partial charge in [-0.3, -0.25) is 14.4 Å². The monoisotopic (exact) mass is 471 g/mol. The lowest BCUT2D eigenvalue weighted by molar-refractivity contribution is -0.142. The number of nitrogens with one attached hydrogen (secondary N) is 3. The molecule has 10 heteroatoms. The first-order chi connectivity index (χ1) is 15.6. The van der Waals surface area contributed by atoms with E-state index in [0.29, 0.717) is 0 Å². The van der Waals surface area contributed by atoms with Crippen LogP contribution in [-0.2, 0) is 30.3 Å². The molecule has 1 rings (SSSR count). The Balaban J connectivity index is 2.63. The molecule has 0 aromatic heterocycles. The van der Waals surface area contributed by atoms with Gasteiger partial charge in [-0.2, -0.15) is 0 Å². The smallest absolute Gasteiger partial charge is 0.408 e. The minimum atomic E-state index is -1.58. The van der Waals surface area contributed by atoms with Crippen LogP contribution in [0.15, 0.2) is 30.3 Å². The Bertz CT molecular complexity index is 925. The average molecular weight is 472 g/mol. The molecule has 9 nitrogen and oxygen atoms in total. The first-order valence-corrected chi connectivity index (χ1v) is 13.7. The summed E-state index contributed by atoms with van der Waals surface area (Å²) in [5, 5.41) is 7.24. The van der Waals surface area contributed by atoms with Crippen LogP contribution < -0.4 is 16.0 Å². The molecule has 0 saturated carbocycles. The number of hydrogen-bond donors (Lipinski definition) is 3. The van der Waals surface area contributed by atoms with E-state index in [4.69, 9.17) is 11.2 Å². The molecule has 0 aliphatic heterocycles. The van der Waals surface area contributed by atoms with Crippen molar-refractivity contribution in [1.29, 1.82) is 0 Å². The second kappa shape index (κ2) is 14.3. The number of carbonyl (C=O) groups is 4. The highest BCUT2D eigenvalue weighted by Gasteiger charge is 2.22. The first-order valence-electron chi connectivity index (χ1n) is 10.2. The topological polar surface area (TPSA) is 123 Å². The molecular weight excluding hydrogens is 442 g/mol. The molecular formula is C23H29N3O6Si. The molecule has 0 aliphatic rings. The lowest BCUT2D eigenvalue weighted by Crippen LogP contribution is -2.50. The second-order valence-electron chi connectivity index (χ2n) is 7.87. The van der Waals surface area contributed by atoms with Crippen molar-refractivity contribution >= 4 is 32.0 Å². The summed E-state index contributed by atoms with van der Waals surface area (Å²) in [4.78, 5) is 48.0. The number of ether oxygens (including phenoxy) is 2. The molecule has 1 atom stereocenters. The maximum absolute atomic E-state index is 12.6. The van der Waals surface area contributed by atoms with E-state index in [1.54, 1.807) is 24.3 Å². The fourth-order valence-corrected chi connectivity index (χ4v) is 2.95. The van der Waals surface area contributed by atoms with Gasteiger partial charge in [0, 0.05) is 6.42 Å². The van der Waals surface area contributed by atoms with Gasteiger partial charge in [0.2, 0.25) is 11.8 Å². The predicted octanol–water partition coefficient (Wildman–Crippen LogP) is 0.614. The van der Waals surface area contributed by atoms with E-state index in [9.17, 15) is 19.2 Å². The average Bonchev–Trinajstić information content (AvgIpc) is 2.77. The van der Waals surface area contributed by atoms with Gasteiger partial charge in [0.25, 0.3) is 0 Å². The number of rotatable bonds is 10. The van der Waals surface area contributed by atoms with Crippen LogP contribution in [0, 0.1) is 23.8 Å². The summed E-state index contributed by atoms with van der Waals surface area (Å²) in [6.07, 6.45) is 4.36. The summed E-state index contributed by atoms with van der Waals surface area (Å²) in [5.74, 6) is 3.05. The van der Waals surface area contributed by atoms with Gasteiger partial charge in [0.05, 0.1) is 6.54 Å². The third-order valence-corrected chi connectivity index (χ3v) is 4.73. The number of esters is 1. The van der Waals surface area contributed by atoms with Gasteiger partial charge in [-0.25, -0.2) is 4.79 Å². The molecule has 33 heavy (non-hydrogen) atoms. The Kier molecular flexibility index (Phi) is 11.8. The molecule has 0 saturated heterocycles. The highest BCUT2D eigenvalue weighted by atomic mass is 28.3. The fourth-order valence-electron chi connectivity index (χ4n) is 2.34. The third-order valence-electron chi connectivity index (χ3n) is 3.80. The van der Waals surface area contributed by atoms with Crippen molar-refractivity contribution in [2.45, 2.75) is 32.1 Å². The van der Waals surface area contributed by atoms with E-state index in [1.807, 2.05) is 6.07 Å². The van der Waals surface area contributed by atoms with Gasteiger partial charge in [0.15, 0.2) is 13.2 Å². The summed E-state index contributed by atoms with van der Waals surface area (Å²) in [7, 11) is -1.58. The molecule has 0 aliphatic carbocycles. The highest BCUT2D eigenvalue weighted by Crippen LogP contribution is 2.04. The predicted molar refractivity (Wildman–Crippen MR) is 125 cm³/mol. The van der Waals surface area contributed by atoms with Crippen molar-refractivity contribution in [3.05, 3.63) is 35.9 Å². The van der Waals surface area contributed by atoms with Gasteiger partial charge in [0.1, 0.15) is 20.7 Å². The molecule has 0 unspecified atom stereocenters. The van der Waals surface area contributed by atoms with Crippen molar-refractivity contribution in [1.82, 2.24) is 16.0 Å². The lowest BCUT2D eigenvalue weighted by Gasteiger charge is -2.18. The summed E-state index contributed by atoms with van der Waals surface area (Å²) in [6.45, 7) is 5.13. The summed E-state index contributed by atoms with van der Waals surface area (Å²) >= 11 is 0. The fraction of sp³-hybridized carbons (Fsp3) is 0.391. The van der Waals surface area contributed by atoms with E-state index in [1.165, 1.54) is 0 Å². The molecule has 0 radical (unpaired) electrons. The quantitative estimate of drug-likeness (QED) is 0.261. The largest absolute Gasteiger partial charge is 0.451 e. The van der Waals surface area contributed by atoms with E-state index in [-0.39, 0.29) is 26.2 Å². The van der Waals surface area contributed by atoms with E-state index in [2.05, 4.69) is 57.7 Å². The zero-order chi connectivity index (χ0) is 24.7. The van der Waals surface area contributed by atoms with Gasteiger partial charge in [-0.05, 0) is 5.56 Å². The second-order valence-corrected chi connectivity index (χ2v) is 12.6. The molecule has 0 fully saturated rings. The van der Waals surface area contributed by atoms with Crippen molar-refractivity contribution in [3.8, 4) is 23.8 Å². The standard InChI is InChI=1S/C23H29N3O6Si/c1-5-12-31-21(28)17-24-20(27)16-25-22(29)19(15-18-10-7-6-8-11-18)26-23(30)32-13-9-14-33(2,3)4/h1,6-8,10-11,19H,12-13,15-17H2,2-4H3,(H,24,27)(H,25,29)(H,26,30)/t19-/m0/s1.